The number of ether oxygens (including phenoxy) is 1. The predicted molar refractivity (Wildman–Crippen MR) is 125 cm³/mol. The van der Waals surface area contributed by atoms with Crippen LogP contribution in [0.3, 0.4) is 0 Å². The van der Waals surface area contributed by atoms with Gasteiger partial charge in [0.15, 0.2) is 0 Å². The van der Waals surface area contributed by atoms with E-state index in [1.807, 2.05) is 45.0 Å². The molecule has 1 aromatic heterocycles. The molecule has 0 spiro atoms. The molecule has 4 N–H and O–H groups in total. The lowest BCUT2D eigenvalue weighted by Crippen LogP contribution is -2.33. The summed E-state index contributed by atoms with van der Waals surface area (Å²) in [6, 6.07) is 9.21. The molecule has 0 radical (unpaired) electrons. The minimum atomic E-state index is -1.43. The smallest absolute Gasteiger partial charge is 0.258 e. The van der Waals surface area contributed by atoms with E-state index < -0.39 is 18.1 Å². The number of carbonyl (C=O) groups excluding carboxylic acids is 2. The van der Waals surface area contributed by atoms with Crippen molar-refractivity contribution in [3.05, 3.63) is 52.6 Å². The van der Waals surface area contributed by atoms with Gasteiger partial charge in [-0.2, -0.15) is 4.98 Å². The van der Waals surface area contributed by atoms with E-state index in [1.54, 1.807) is 6.07 Å². The first-order valence-corrected chi connectivity index (χ1v) is 11.1. The van der Waals surface area contributed by atoms with Gasteiger partial charge in [-0.15, -0.1) is 0 Å². The van der Waals surface area contributed by atoms with E-state index in [4.69, 9.17) is 15.0 Å². The first-order valence-electron chi connectivity index (χ1n) is 11.1. The van der Waals surface area contributed by atoms with Gasteiger partial charge in [0.25, 0.3) is 5.89 Å². The summed E-state index contributed by atoms with van der Waals surface area (Å²) in [4.78, 5) is 26.9. The Hall–Kier alpha value is -3.56. The standard InChI is InChI=1S/C25H29N3O6/c1-4-15-6-7-17(10-19(15)12-29)25-27-24(28-34-25)18-8-14(3)22(16(5-2)9-18)33-13-20(30)11-21(31)23(26)32/h6-10,12,20-21,30-31H,4-5,11,13H2,1-3H3,(H2,26,32)/t20-,21?/m0/s1. The second kappa shape index (κ2) is 11.0. The van der Waals surface area contributed by atoms with Gasteiger partial charge in [0.2, 0.25) is 11.7 Å². The number of benzene rings is 2. The molecule has 9 heteroatoms. The zero-order chi connectivity index (χ0) is 24.8. The Morgan fingerprint density at radius 3 is 2.53 bits per heavy atom. The van der Waals surface area contributed by atoms with Crippen molar-refractivity contribution in [3.8, 4) is 28.6 Å². The van der Waals surface area contributed by atoms with Gasteiger partial charge in [-0.3, -0.25) is 9.59 Å². The molecule has 0 bridgehead atoms. The first-order chi connectivity index (χ1) is 16.3. The molecule has 2 aromatic carbocycles. The molecule has 1 amide bonds. The molecule has 0 aliphatic heterocycles. The fourth-order valence-electron chi connectivity index (χ4n) is 3.68. The van der Waals surface area contributed by atoms with Crippen LogP contribution >= 0.6 is 0 Å². The van der Waals surface area contributed by atoms with E-state index >= 15 is 0 Å². The molecule has 2 atom stereocenters. The lowest BCUT2D eigenvalue weighted by molar-refractivity contribution is -0.127. The molecule has 3 aromatic rings. The van der Waals surface area contributed by atoms with Gasteiger partial charge in [-0.1, -0.05) is 25.1 Å². The summed E-state index contributed by atoms with van der Waals surface area (Å²) in [5.41, 5.74) is 9.65. The van der Waals surface area contributed by atoms with Crippen LogP contribution in [0.25, 0.3) is 22.8 Å². The van der Waals surface area contributed by atoms with Crippen molar-refractivity contribution in [1.29, 1.82) is 0 Å². The van der Waals surface area contributed by atoms with E-state index in [2.05, 4.69) is 10.1 Å². The van der Waals surface area contributed by atoms with Crippen LogP contribution in [0.5, 0.6) is 5.75 Å². The molecule has 180 valence electrons. The van der Waals surface area contributed by atoms with Crippen molar-refractivity contribution in [2.45, 2.75) is 52.2 Å². The third-order valence-corrected chi connectivity index (χ3v) is 5.56. The number of nitrogens with two attached hydrogens (primary N) is 1. The Morgan fingerprint density at radius 1 is 1.15 bits per heavy atom. The average molecular weight is 468 g/mol. The summed E-state index contributed by atoms with van der Waals surface area (Å²) in [6.07, 6.45) is -0.469. The normalized spacial score (nSPS) is 12.9. The van der Waals surface area contributed by atoms with Crippen LogP contribution < -0.4 is 10.5 Å². The highest BCUT2D eigenvalue weighted by Gasteiger charge is 2.19. The van der Waals surface area contributed by atoms with Crippen LogP contribution in [-0.2, 0) is 17.6 Å². The second-order valence-electron chi connectivity index (χ2n) is 8.06. The summed E-state index contributed by atoms with van der Waals surface area (Å²) < 4.78 is 11.3. The van der Waals surface area contributed by atoms with E-state index in [0.29, 0.717) is 35.0 Å². The number of aliphatic hydroxyl groups is 2. The quantitative estimate of drug-likeness (QED) is 0.364. The minimum absolute atomic E-state index is 0.100. The number of carbonyl (C=O) groups is 2. The van der Waals surface area contributed by atoms with Crippen LogP contribution in [0, 0.1) is 6.92 Å². The maximum Gasteiger partial charge on any atom is 0.258 e. The summed E-state index contributed by atoms with van der Waals surface area (Å²) in [5, 5.41) is 23.7. The molecule has 0 saturated heterocycles. The lowest BCUT2D eigenvalue weighted by Gasteiger charge is -2.18. The molecule has 1 unspecified atom stereocenters. The van der Waals surface area contributed by atoms with E-state index in [-0.39, 0.29) is 13.0 Å². The number of nitrogens with zero attached hydrogens (tertiary/aromatic N) is 2. The summed E-state index contributed by atoms with van der Waals surface area (Å²) in [7, 11) is 0. The number of hydrogen-bond donors (Lipinski definition) is 3. The summed E-state index contributed by atoms with van der Waals surface area (Å²) >= 11 is 0. The molecule has 3 rings (SSSR count). The number of aldehydes is 1. The molecule has 0 fully saturated rings. The zero-order valence-corrected chi connectivity index (χ0v) is 19.4. The van der Waals surface area contributed by atoms with Crippen LogP contribution in [0.15, 0.2) is 34.9 Å². The Balaban J connectivity index is 1.82. The summed E-state index contributed by atoms with van der Waals surface area (Å²) in [5.74, 6) is 0.425. The molecular weight excluding hydrogens is 438 g/mol. The van der Waals surface area contributed by atoms with Crippen molar-refractivity contribution in [1.82, 2.24) is 10.1 Å². The van der Waals surface area contributed by atoms with Gasteiger partial charge in [-0.25, -0.2) is 0 Å². The fourth-order valence-corrected chi connectivity index (χ4v) is 3.68. The number of rotatable bonds is 11. The largest absolute Gasteiger partial charge is 0.490 e. The maximum atomic E-state index is 11.4. The fraction of sp³-hybridized carbons (Fsp3) is 0.360. The van der Waals surface area contributed by atoms with Crippen LogP contribution in [0.1, 0.15) is 47.3 Å². The highest BCUT2D eigenvalue weighted by molar-refractivity contribution is 5.80. The van der Waals surface area contributed by atoms with Gasteiger partial charge in [-0.05, 0) is 60.7 Å². The van der Waals surface area contributed by atoms with Crippen molar-refractivity contribution >= 4 is 12.2 Å². The van der Waals surface area contributed by atoms with E-state index in [0.717, 1.165) is 35.0 Å². The van der Waals surface area contributed by atoms with Crippen molar-refractivity contribution in [2.75, 3.05) is 6.61 Å². The third-order valence-electron chi connectivity index (χ3n) is 5.56. The minimum Gasteiger partial charge on any atom is -0.490 e. The zero-order valence-electron chi connectivity index (χ0n) is 19.4. The van der Waals surface area contributed by atoms with Crippen molar-refractivity contribution < 1.29 is 29.1 Å². The molecule has 9 nitrogen and oxygen atoms in total. The third kappa shape index (κ3) is 5.67. The Labute approximate surface area is 197 Å². The highest BCUT2D eigenvalue weighted by Crippen LogP contribution is 2.31. The van der Waals surface area contributed by atoms with Crippen LogP contribution in [0.4, 0.5) is 0 Å². The number of amides is 1. The van der Waals surface area contributed by atoms with Gasteiger partial charge in [0, 0.05) is 23.1 Å². The Bertz CT molecular complexity index is 1170. The van der Waals surface area contributed by atoms with Gasteiger partial charge in [0.1, 0.15) is 24.7 Å². The van der Waals surface area contributed by atoms with E-state index in [9.17, 15) is 19.8 Å². The molecule has 0 aliphatic carbocycles. The molecule has 0 aliphatic rings. The molecule has 1 heterocycles. The maximum absolute atomic E-state index is 11.4. The number of aryl methyl sites for hydroxylation is 3. The van der Waals surface area contributed by atoms with Crippen LogP contribution in [-0.4, -0.2) is 51.4 Å². The molecular formula is C25H29N3O6. The second-order valence-corrected chi connectivity index (χ2v) is 8.06. The summed E-state index contributed by atoms with van der Waals surface area (Å²) in [6.45, 7) is 5.72. The monoisotopic (exact) mass is 467 g/mol. The number of aromatic nitrogens is 2. The number of aliphatic hydroxyl groups excluding tert-OH is 2. The lowest BCUT2D eigenvalue weighted by atomic mass is 10.0. The van der Waals surface area contributed by atoms with Crippen molar-refractivity contribution in [2.24, 2.45) is 5.73 Å². The van der Waals surface area contributed by atoms with Gasteiger partial charge < -0.3 is 25.2 Å². The first kappa shape index (κ1) is 25.1. The molecule has 34 heavy (non-hydrogen) atoms. The molecule has 0 saturated carbocycles. The van der Waals surface area contributed by atoms with Gasteiger partial charge >= 0.3 is 0 Å². The predicted octanol–water partition coefficient (Wildman–Crippen LogP) is 2.63. The Kier molecular flexibility index (Phi) is 8.14. The number of primary amides is 1. The average Bonchev–Trinajstić information content (AvgIpc) is 3.32. The van der Waals surface area contributed by atoms with Crippen LogP contribution in [0.2, 0.25) is 0 Å². The Morgan fingerprint density at radius 2 is 1.88 bits per heavy atom. The van der Waals surface area contributed by atoms with E-state index in [1.165, 1.54) is 0 Å². The highest BCUT2D eigenvalue weighted by atomic mass is 16.5. The number of hydrogen-bond acceptors (Lipinski definition) is 8. The topological polar surface area (TPSA) is 149 Å². The van der Waals surface area contributed by atoms with Gasteiger partial charge in [0.05, 0.1) is 6.10 Å². The SMILES string of the molecule is CCc1ccc(-c2nc(-c3cc(C)c(OC[C@@H](O)CC(O)C(N)=O)c(CC)c3)no2)cc1C=O. The van der Waals surface area contributed by atoms with Crippen molar-refractivity contribution in [3.63, 3.8) is 0 Å².